The molecule has 7 nitrogen and oxygen atoms in total. The van der Waals surface area contributed by atoms with Crippen LogP contribution in [0.3, 0.4) is 0 Å². The molecule has 2 unspecified atom stereocenters. The lowest BCUT2D eigenvalue weighted by atomic mass is 9.69. The Bertz CT molecular complexity index is 1020. The molecule has 3 fully saturated rings. The van der Waals surface area contributed by atoms with Crippen molar-refractivity contribution < 1.29 is 19.2 Å². The molecule has 0 spiro atoms. The van der Waals surface area contributed by atoms with E-state index in [1.807, 2.05) is 13.8 Å². The molecule has 3 aliphatic heterocycles. The SMILES string of the molecule is CC12CCC(C)(O1)[C@H]1C(=O)N(c3ccc([N+](=O)[O-])c4ccccc34)C(=O)[C@H]12. The van der Waals surface area contributed by atoms with Crippen LogP contribution in [0.25, 0.3) is 10.8 Å². The highest BCUT2D eigenvalue weighted by Gasteiger charge is 2.72. The van der Waals surface area contributed by atoms with E-state index < -0.39 is 28.0 Å². The van der Waals surface area contributed by atoms with Gasteiger partial charge in [0.2, 0.25) is 11.8 Å². The number of hydrogen-bond donors (Lipinski definition) is 0. The topological polar surface area (TPSA) is 89.8 Å². The first-order valence-corrected chi connectivity index (χ1v) is 9.01. The predicted molar refractivity (Wildman–Crippen MR) is 97.2 cm³/mol. The van der Waals surface area contributed by atoms with Gasteiger partial charge in [0.05, 0.1) is 39.0 Å². The summed E-state index contributed by atoms with van der Waals surface area (Å²) in [6.45, 7) is 3.82. The fraction of sp³-hybridized carbons (Fsp3) is 0.400. The highest BCUT2D eigenvalue weighted by Crippen LogP contribution is 2.61. The second kappa shape index (κ2) is 4.92. The molecule has 3 aliphatic rings. The van der Waals surface area contributed by atoms with E-state index in [0.717, 1.165) is 12.8 Å². The Morgan fingerprint density at radius 3 is 2.11 bits per heavy atom. The maximum Gasteiger partial charge on any atom is 0.277 e. The van der Waals surface area contributed by atoms with E-state index in [1.165, 1.54) is 17.0 Å². The smallest absolute Gasteiger partial charge is 0.277 e. The predicted octanol–water partition coefficient (Wildman–Crippen LogP) is 3.20. The van der Waals surface area contributed by atoms with Crippen LogP contribution in [0.1, 0.15) is 26.7 Å². The number of nitrogens with zero attached hydrogens (tertiary/aromatic N) is 2. The van der Waals surface area contributed by atoms with Gasteiger partial charge in [-0.2, -0.15) is 0 Å². The van der Waals surface area contributed by atoms with E-state index in [-0.39, 0.29) is 17.5 Å². The molecule has 0 saturated carbocycles. The summed E-state index contributed by atoms with van der Waals surface area (Å²) in [6.07, 6.45) is 1.50. The second-order valence-electron chi connectivity index (χ2n) is 8.10. The first-order chi connectivity index (χ1) is 12.8. The molecule has 138 valence electrons. The van der Waals surface area contributed by atoms with Crippen molar-refractivity contribution in [3.63, 3.8) is 0 Å². The zero-order chi connectivity index (χ0) is 19.1. The van der Waals surface area contributed by atoms with Crippen LogP contribution in [0.2, 0.25) is 0 Å². The molecular formula is C20H18N2O5. The fourth-order valence-corrected chi connectivity index (χ4v) is 5.33. The highest BCUT2D eigenvalue weighted by atomic mass is 16.6. The quantitative estimate of drug-likeness (QED) is 0.462. The number of amides is 2. The van der Waals surface area contributed by atoms with Crippen LogP contribution >= 0.6 is 0 Å². The van der Waals surface area contributed by atoms with Crippen LogP contribution in [-0.4, -0.2) is 27.9 Å². The summed E-state index contributed by atoms with van der Waals surface area (Å²) in [5.74, 6) is -1.54. The number of imide groups is 1. The lowest BCUT2D eigenvalue weighted by Gasteiger charge is -2.27. The minimum Gasteiger partial charge on any atom is -0.367 e. The van der Waals surface area contributed by atoms with Crippen LogP contribution in [0.15, 0.2) is 36.4 Å². The number of nitro benzene ring substituents is 1. The summed E-state index contributed by atoms with van der Waals surface area (Å²) in [6, 6.07) is 9.67. The number of benzene rings is 2. The van der Waals surface area contributed by atoms with Gasteiger partial charge in [-0.25, -0.2) is 4.90 Å². The van der Waals surface area contributed by atoms with E-state index in [2.05, 4.69) is 0 Å². The molecule has 7 heteroatoms. The first kappa shape index (κ1) is 16.4. The molecule has 3 heterocycles. The van der Waals surface area contributed by atoms with E-state index >= 15 is 0 Å². The minimum atomic E-state index is -0.627. The molecule has 2 bridgehead atoms. The molecule has 3 saturated heterocycles. The lowest BCUT2D eigenvalue weighted by Crippen LogP contribution is -2.40. The van der Waals surface area contributed by atoms with Crippen molar-refractivity contribution in [2.24, 2.45) is 11.8 Å². The van der Waals surface area contributed by atoms with Crippen LogP contribution in [0, 0.1) is 22.0 Å². The van der Waals surface area contributed by atoms with Crippen LogP contribution in [0.4, 0.5) is 11.4 Å². The third kappa shape index (κ3) is 1.89. The van der Waals surface area contributed by atoms with Crippen LogP contribution < -0.4 is 4.90 Å². The zero-order valence-electron chi connectivity index (χ0n) is 15.0. The van der Waals surface area contributed by atoms with E-state index in [1.54, 1.807) is 24.3 Å². The molecule has 0 aromatic heterocycles. The molecule has 0 N–H and O–H groups in total. The van der Waals surface area contributed by atoms with Gasteiger partial charge in [-0.1, -0.05) is 18.2 Å². The Kier molecular flexibility index (Phi) is 2.99. The summed E-state index contributed by atoms with van der Waals surface area (Å²) in [5, 5.41) is 12.3. The van der Waals surface area contributed by atoms with Gasteiger partial charge in [0.15, 0.2) is 0 Å². The summed E-state index contributed by atoms with van der Waals surface area (Å²) in [7, 11) is 0. The second-order valence-corrected chi connectivity index (χ2v) is 8.10. The third-order valence-electron chi connectivity index (χ3n) is 6.52. The number of fused-ring (bicyclic) bond motifs is 6. The highest BCUT2D eigenvalue weighted by molar-refractivity contribution is 6.26. The first-order valence-electron chi connectivity index (χ1n) is 9.01. The minimum absolute atomic E-state index is 0.0454. The van der Waals surface area contributed by atoms with Crippen molar-refractivity contribution in [3.8, 4) is 0 Å². The number of carbonyl (C=O) groups excluding carboxylic acids is 2. The maximum atomic E-state index is 13.3. The fourth-order valence-electron chi connectivity index (χ4n) is 5.33. The van der Waals surface area contributed by atoms with Gasteiger partial charge >= 0.3 is 0 Å². The standard InChI is InChI=1S/C20H18N2O5/c1-19-9-10-20(2,27-19)16-15(19)17(23)21(18(16)24)13-7-8-14(22(25)26)12-6-4-3-5-11(12)13/h3-8,15-16H,9-10H2,1-2H3/t15-,16+,19?,20?. The number of anilines is 1. The number of non-ortho nitro benzene ring substituents is 1. The Balaban J connectivity index is 1.69. The monoisotopic (exact) mass is 366 g/mol. The van der Waals surface area contributed by atoms with Gasteiger partial charge in [0, 0.05) is 11.5 Å². The van der Waals surface area contributed by atoms with Gasteiger partial charge in [0.1, 0.15) is 0 Å². The molecule has 2 aromatic carbocycles. The average molecular weight is 366 g/mol. The molecule has 0 aliphatic carbocycles. The lowest BCUT2D eigenvalue weighted by molar-refractivity contribution is -0.383. The van der Waals surface area contributed by atoms with Gasteiger partial charge in [-0.3, -0.25) is 19.7 Å². The number of hydrogen-bond acceptors (Lipinski definition) is 5. The Morgan fingerprint density at radius 2 is 1.56 bits per heavy atom. The van der Waals surface area contributed by atoms with Gasteiger partial charge < -0.3 is 4.74 Å². The van der Waals surface area contributed by atoms with Crippen molar-refractivity contribution in [2.75, 3.05) is 4.90 Å². The van der Waals surface area contributed by atoms with Gasteiger partial charge in [0.25, 0.3) is 5.69 Å². The van der Waals surface area contributed by atoms with Crippen LogP contribution in [-0.2, 0) is 14.3 Å². The largest absolute Gasteiger partial charge is 0.367 e. The summed E-state index contributed by atoms with van der Waals surface area (Å²) in [5.41, 5.74) is -0.891. The van der Waals surface area contributed by atoms with Crippen molar-refractivity contribution in [1.82, 2.24) is 0 Å². The van der Waals surface area contributed by atoms with Crippen molar-refractivity contribution >= 4 is 34.0 Å². The maximum absolute atomic E-state index is 13.3. The summed E-state index contributed by atoms with van der Waals surface area (Å²) >= 11 is 0. The zero-order valence-corrected chi connectivity index (χ0v) is 15.0. The van der Waals surface area contributed by atoms with Crippen molar-refractivity contribution in [3.05, 3.63) is 46.5 Å². The Hall–Kier alpha value is -2.80. The molecule has 4 atom stereocenters. The van der Waals surface area contributed by atoms with Gasteiger partial charge in [-0.15, -0.1) is 0 Å². The number of rotatable bonds is 2. The Morgan fingerprint density at radius 1 is 1.00 bits per heavy atom. The van der Waals surface area contributed by atoms with E-state index in [4.69, 9.17) is 4.74 Å². The number of nitro groups is 1. The third-order valence-corrected chi connectivity index (χ3v) is 6.52. The molecule has 2 aromatic rings. The number of ether oxygens (including phenoxy) is 1. The molecule has 27 heavy (non-hydrogen) atoms. The normalized spacial score (nSPS) is 34.5. The molecule has 2 amide bonds. The van der Waals surface area contributed by atoms with E-state index in [0.29, 0.717) is 16.5 Å². The summed E-state index contributed by atoms with van der Waals surface area (Å²) < 4.78 is 6.12. The average Bonchev–Trinajstić information content (AvgIpc) is 3.18. The molecule has 0 radical (unpaired) electrons. The van der Waals surface area contributed by atoms with Gasteiger partial charge in [-0.05, 0) is 38.8 Å². The molecule has 5 rings (SSSR count). The molecular weight excluding hydrogens is 348 g/mol. The van der Waals surface area contributed by atoms with Crippen molar-refractivity contribution in [2.45, 2.75) is 37.9 Å². The van der Waals surface area contributed by atoms with Crippen LogP contribution in [0.5, 0.6) is 0 Å². The Labute approximate surface area is 155 Å². The summed E-state index contributed by atoms with van der Waals surface area (Å²) in [4.78, 5) is 38.7. The van der Waals surface area contributed by atoms with E-state index in [9.17, 15) is 19.7 Å². The van der Waals surface area contributed by atoms with Crippen molar-refractivity contribution in [1.29, 1.82) is 0 Å². The number of carbonyl (C=O) groups is 2.